The van der Waals surface area contributed by atoms with Crippen LogP contribution in [0.25, 0.3) is 0 Å². The fourth-order valence-electron chi connectivity index (χ4n) is 2.19. The maximum Gasteiger partial charge on any atom is 0.107 e. The Labute approximate surface area is 117 Å². The number of aryl methyl sites for hydroxylation is 2. The number of nitrogens with zero attached hydrogens (tertiary/aromatic N) is 2. The Morgan fingerprint density at radius 3 is 2.65 bits per heavy atom. The zero-order valence-electron chi connectivity index (χ0n) is 10.7. The second kappa shape index (κ2) is 6.30. The third-order valence-electron chi connectivity index (χ3n) is 3.58. The van der Waals surface area contributed by atoms with Crippen LogP contribution in [0.4, 0.5) is 0 Å². The zero-order valence-corrected chi connectivity index (χ0v) is 13.1. The lowest BCUT2D eigenvalue weighted by Crippen LogP contribution is -2.40. The van der Waals surface area contributed by atoms with E-state index in [2.05, 4.69) is 39.7 Å². The number of thiazole rings is 1. The normalized spacial score (nSPS) is 16.5. The highest BCUT2D eigenvalue weighted by molar-refractivity contribution is 9.09. The van der Waals surface area contributed by atoms with Crippen LogP contribution in [0.1, 0.15) is 41.3 Å². The van der Waals surface area contributed by atoms with Gasteiger partial charge in [0.1, 0.15) is 5.01 Å². The molecule has 1 aromatic rings. The first-order chi connectivity index (χ1) is 8.20. The van der Waals surface area contributed by atoms with Crippen molar-refractivity contribution in [2.45, 2.75) is 52.1 Å². The summed E-state index contributed by atoms with van der Waals surface area (Å²) >= 11 is 5.39. The van der Waals surface area contributed by atoms with Crippen molar-refractivity contribution in [1.29, 1.82) is 0 Å². The second-order valence-corrected chi connectivity index (χ2v) is 6.93. The van der Waals surface area contributed by atoms with E-state index in [1.54, 1.807) is 0 Å². The van der Waals surface area contributed by atoms with Gasteiger partial charge < -0.3 is 0 Å². The van der Waals surface area contributed by atoms with Crippen LogP contribution in [0.15, 0.2) is 0 Å². The van der Waals surface area contributed by atoms with E-state index in [4.69, 9.17) is 0 Å². The van der Waals surface area contributed by atoms with Gasteiger partial charge in [-0.3, -0.25) is 4.90 Å². The van der Waals surface area contributed by atoms with E-state index in [9.17, 15) is 0 Å². The Kier molecular flexibility index (Phi) is 5.00. The van der Waals surface area contributed by atoms with Gasteiger partial charge in [-0.2, -0.15) is 0 Å². The molecule has 0 aliphatic heterocycles. The molecule has 1 aliphatic carbocycles. The van der Waals surface area contributed by atoms with Gasteiger partial charge in [-0.25, -0.2) is 4.98 Å². The number of rotatable bonds is 6. The summed E-state index contributed by atoms with van der Waals surface area (Å²) in [7, 11) is 0. The van der Waals surface area contributed by atoms with Gasteiger partial charge in [0.15, 0.2) is 0 Å². The largest absolute Gasteiger partial charge is 0.294 e. The fraction of sp³-hybridized carbons (Fsp3) is 0.769. The molecule has 0 radical (unpaired) electrons. The van der Waals surface area contributed by atoms with E-state index in [0.717, 1.165) is 17.9 Å². The van der Waals surface area contributed by atoms with Gasteiger partial charge in [-0.05, 0) is 39.7 Å². The lowest BCUT2D eigenvalue weighted by molar-refractivity contribution is 0.120. The van der Waals surface area contributed by atoms with Crippen LogP contribution in [0.2, 0.25) is 0 Å². The minimum absolute atomic E-state index is 0.818. The van der Waals surface area contributed by atoms with Crippen LogP contribution in [0, 0.1) is 13.8 Å². The van der Waals surface area contributed by atoms with Crippen LogP contribution in [0.5, 0.6) is 0 Å². The molecule has 1 aliphatic rings. The molecule has 1 heterocycles. The molecule has 96 valence electrons. The van der Waals surface area contributed by atoms with Gasteiger partial charge in [0.05, 0.1) is 12.2 Å². The predicted molar refractivity (Wildman–Crippen MR) is 78.0 cm³/mol. The lowest BCUT2D eigenvalue weighted by Gasteiger charge is -2.37. The van der Waals surface area contributed by atoms with E-state index < -0.39 is 0 Å². The maximum atomic E-state index is 4.66. The van der Waals surface area contributed by atoms with Gasteiger partial charge >= 0.3 is 0 Å². The smallest absolute Gasteiger partial charge is 0.107 e. The number of alkyl halides is 1. The molecule has 1 aromatic heterocycles. The highest BCUT2D eigenvalue weighted by Crippen LogP contribution is 2.27. The summed E-state index contributed by atoms with van der Waals surface area (Å²) in [6.45, 7) is 6.54. The van der Waals surface area contributed by atoms with Crippen molar-refractivity contribution in [2.75, 3.05) is 11.9 Å². The monoisotopic (exact) mass is 316 g/mol. The topological polar surface area (TPSA) is 16.1 Å². The first-order valence-corrected chi connectivity index (χ1v) is 8.37. The standard InChI is InChI=1S/C13H21BrN2S/c1-10-11(2)17-13(15-10)9-16(8-4-7-14)12-5-3-6-12/h12H,3-9H2,1-2H3. The van der Waals surface area contributed by atoms with Crippen molar-refractivity contribution in [2.24, 2.45) is 0 Å². The Hall–Kier alpha value is 0.0700. The fourth-order valence-corrected chi connectivity index (χ4v) is 3.40. The lowest BCUT2D eigenvalue weighted by atomic mass is 9.91. The van der Waals surface area contributed by atoms with Crippen molar-refractivity contribution < 1.29 is 0 Å². The minimum Gasteiger partial charge on any atom is -0.294 e. The average Bonchev–Trinajstić information content (AvgIpc) is 2.52. The van der Waals surface area contributed by atoms with Crippen LogP contribution in [0.3, 0.4) is 0 Å². The SMILES string of the molecule is Cc1nc(CN(CCCBr)C2CCC2)sc1C. The molecule has 0 saturated heterocycles. The molecule has 0 N–H and O–H groups in total. The molecule has 0 unspecified atom stereocenters. The average molecular weight is 317 g/mol. The molecule has 4 heteroatoms. The van der Waals surface area contributed by atoms with Crippen LogP contribution < -0.4 is 0 Å². The molecule has 0 spiro atoms. The number of halogens is 1. The number of aromatic nitrogens is 1. The summed E-state index contributed by atoms with van der Waals surface area (Å²) in [5.41, 5.74) is 1.21. The minimum atomic E-state index is 0.818. The molecule has 0 amide bonds. The Balaban J connectivity index is 1.95. The Morgan fingerprint density at radius 2 is 2.18 bits per heavy atom. The molecule has 1 fully saturated rings. The molecule has 0 atom stereocenters. The molecule has 0 bridgehead atoms. The van der Waals surface area contributed by atoms with E-state index >= 15 is 0 Å². The summed E-state index contributed by atoms with van der Waals surface area (Å²) in [6, 6.07) is 0.818. The van der Waals surface area contributed by atoms with E-state index in [1.807, 2.05) is 11.3 Å². The van der Waals surface area contributed by atoms with Gasteiger partial charge in [0, 0.05) is 16.2 Å². The highest BCUT2D eigenvalue weighted by Gasteiger charge is 2.25. The van der Waals surface area contributed by atoms with Crippen molar-refractivity contribution in [3.63, 3.8) is 0 Å². The number of hydrogen-bond donors (Lipinski definition) is 0. The zero-order chi connectivity index (χ0) is 12.3. The van der Waals surface area contributed by atoms with Gasteiger partial charge in [0.25, 0.3) is 0 Å². The van der Waals surface area contributed by atoms with Crippen LogP contribution in [-0.2, 0) is 6.54 Å². The molecule has 0 aromatic carbocycles. The number of hydrogen-bond acceptors (Lipinski definition) is 3. The third-order valence-corrected chi connectivity index (χ3v) is 5.20. The summed E-state index contributed by atoms with van der Waals surface area (Å²) < 4.78 is 0. The molecule has 17 heavy (non-hydrogen) atoms. The summed E-state index contributed by atoms with van der Waals surface area (Å²) in [4.78, 5) is 8.66. The third kappa shape index (κ3) is 3.52. The molecular weight excluding hydrogens is 296 g/mol. The first kappa shape index (κ1) is 13.5. The molecular formula is C13H21BrN2S. The van der Waals surface area contributed by atoms with Gasteiger partial charge in [-0.1, -0.05) is 22.4 Å². The molecule has 2 rings (SSSR count). The second-order valence-electron chi connectivity index (χ2n) is 4.85. The highest BCUT2D eigenvalue weighted by atomic mass is 79.9. The summed E-state index contributed by atoms with van der Waals surface area (Å²) in [5, 5.41) is 2.40. The first-order valence-electron chi connectivity index (χ1n) is 6.43. The van der Waals surface area contributed by atoms with E-state index in [-0.39, 0.29) is 0 Å². The molecule has 1 saturated carbocycles. The van der Waals surface area contributed by atoms with Crippen molar-refractivity contribution in [3.8, 4) is 0 Å². The Morgan fingerprint density at radius 1 is 1.41 bits per heavy atom. The van der Waals surface area contributed by atoms with Crippen molar-refractivity contribution >= 4 is 27.3 Å². The van der Waals surface area contributed by atoms with E-state index in [0.29, 0.717) is 0 Å². The van der Waals surface area contributed by atoms with Gasteiger partial charge in [-0.15, -0.1) is 11.3 Å². The quantitative estimate of drug-likeness (QED) is 0.740. The summed E-state index contributed by atoms with van der Waals surface area (Å²) in [5.74, 6) is 0. The summed E-state index contributed by atoms with van der Waals surface area (Å²) in [6.07, 6.45) is 5.41. The van der Waals surface area contributed by atoms with Crippen LogP contribution in [-0.4, -0.2) is 27.8 Å². The molecule has 2 nitrogen and oxygen atoms in total. The van der Waals surface area contributed by atoms with Crippen molar-refractivity contribution in [3.05, 3.63) is 15.6 Å². The van der Waals surface area contributed by atoms with E-state index in [1.165, 1.54) is 47.8 Å². The Bertz CT molecular complexity index is 341. The maximum absolute atomic E-state index is 4.66. The van der Waals surface area contributed by atoms with Gasteiger partial charge in [0.2, 0.25) is 0 Å². The van der Waals surface area contributed by atoms with Crippen LogP contribution >= 0.6 is 27.3 Å². The van der Waals surface area contributed by atoms with Crippen molar-refractivity contribution in [1.82, 2.24) is 9.88 Å². The predicted octanol–water partition coefficient (Wildman–Crippen LogP) is 3.90.